The van der Waals surface area contributed by atoms with Gasteiger partial charge in [-0.05, 0) is 42.3 Å². The molecule has 0 aliphatic heterocycles. The average Bonchev–Trinajstić information content (AvgIpc) is 3.50. The third kappa shape index (κ3) is 6.29. The van der Waals surface area contributed by atoms with Crippen molar-refractivity contribution in [2.75, 3.05) is 25.3 Å². The molecule has 198 valence electrons. The standard InChI is InChI=1S/C26H25ClN4O5S2/c1-15-5-10-19(27)20(11-15)36-12-21-29-30-26(31(21)2)38-14-22(32)28-24-23(25(33)35-4)18(13-37-24)16-6-8-17(34-3)9-7-16/h5-11,13H,12,14H2,1-4H3,(H,28,32). The van der Waals surface area contributed by atoms with E-state index < -0.39 is 5.97 Å². The molecular weight excluding hydrogens is 548 g/mol. The molecule has 1 amide bonds. The van der Waals surface area contributed by atoms with Crippen LogP contribution in [0.5, 0.6) is 11.5 Å². The maximum absolute atomic E-state index is 12.8. The van der Waals surface area contributed by atoms with Crippen molar-refractivity contribution in [3.63, 3.8) is 0 Å². The van der Waals surface area contributed by atoms with Gasteiger partial charge in [-0.1, -0.05) is 41.6 Å². The number of hydrogen-bond donors (Lipinski definition) is 1. The van der Waals surface area contributed by atoms with Gasteiger partial charge in [0.15, 0.2) is 11.0 Å². The quantitative estimate of drug-likeness (QED) is 0.193. The fourth-order valence-corrected chi connectivity index (χ4v) is 5.37. The number of benzene rings is 2. The Morgan fingerprint density at radius 2 is 1.89 bits per heavy atom. The number of rotatable bonds is 10. The largest absolute Gasteiger partial charge is 0.497 e. The van der Waals surface area contributed by atoms with Crippen LogP contribution in [-0.2, 0) is 23.2 Å². The molecular formula is C26H25ClN4O5S2. The van der Waals surface area contributed by atoms with Gasteiger partial charge in [0.05, 0.1) is 25.0 Å². The molecule has 4 aromatic rings. The summed E-state index contributed by atoms with van der Waals surface area (Å²) in [6.07, 6.45) is 0. The molecule has 12 heteroatoms. The van der Waals surface area contributed by atoms with Crippen molar-refractivity contribution in [2.24, 2.45) is 7.05 Å². The molecule has 4 rings (SSSR count). The normalized spacial score (nSPS) is 10.8. The van der Waals surface area contributed by atoms with E-state index in [1.165, 1.54) is 30.2 Å². The van der Waals surface area contributed by atoms with Crippen LogP contribution in [0.2, 0.25) is 5.02 Å². The van der Waals surface area contributed by atoms with Gasteiger partial charge in [-0.15, -0.1) is 21.5 Å². The molecule has 0 unspecified atom stereocenters. The number of amides is 1. The lowest BCUT2D eigenvalue weighted by atomic mass is 10.0. The predicted octanol–water partition coefficient (Wildman–Crippen LogP) is 5.61. The summed E-state index contributed by atoms with van der Waals surface area (Å²) in [5.41, 5.74) is 2.80. The van der Waals surface area contributed by atoms with Crippen molar-refractivity contribution in [3.05, 3.63) is 69.8 Å². The fourth-order valence-electron chi connectivity index (χ4n) is 3.49. The van der Waals surface area contributed by atoms with Crippen LogP contribution in [0.25, 0.3) is 11.1 Å². The molecule has 0 fully saturated rings. The first-order chi connectivity index (χ1) is 18.3. The van der Waals surface area contributed by atoms with E-state index in [1.807, 2.05) is 36.6 Å². The number of anilines is 1. The van der Waals surface area contributed by atoms with Crippen molar-refractivity contribution >= 4 is 51.6 Å². The smallest absolute Gasteiger partial charge is 0.341 e. The van der Waals surface area contributed by atoms with Gasteiger partial charge in [-0.3, -0.25) is 4.79 Å². The monoisotopic (exact) mass is 572 g/mol. The predicted molar refractivity (Wildman–Crippen MR) is 149 cm³/mol. The first-order valence-corrected chi connectivity index (χ1v) is 13.6. The lowest BCUT2D eigenvalue weighted by Crippen LogP contribution is -2.16. The number of nitrogens with zero attached hydrogens (tertiary/aromatic N) is 3. The molecule has 0 aliphatic rings. The Kier molecular flexibility index (Phi) is 8.93. The van der Waals surface area contributed by atoms with Crippen molar-refractivity contribution in [1.82, 2.24) is 14.8 Å². The van der Waals surface area contributed by atoms with E-state index in [-0.39, 0.29) is 18.3 Å². The number of methoxy groups -OCH3 is 2. The molecule has 2 aromatic heterocycles. The number of hydrogen-bond acceptors (Lipinski definition) is 9. The Hall–Kier alpha value is -3.54. The van der Waals surface area contributed by atoms with Gasteiger partial charge in [0.2, 0.25) is 5.91 Å². The minimum absolute atomic E-state index is 0.0624. The first kappa shape index (κ1) is 27.5. The molecule has 0 spiro atoms. The minimum Gasteiger partial charge on any atom is -0.497 e. The van der Waals surface area contributed by atoms with E-state index in [9.17, 15) is 9.59 Å². The maximum atomic E-state index is 12.8. The topological polar surface area (TPSA) is 105 Å². The minimum atomic E-state index is -0.535. The zero-order chi connectivity index (χ0) is 27.2. The van der Waals surface area contributed by atoms with Crippen LogP contribution in [0.15, 0.2) is 53.0 Å². The van der Waals surface area contributed by atoms with Gasteiger partial charge < -0.3 is 24.1 Å². The number of carbonyl (C=O) groups excluding carboxylic acids is 2. The van der Waals surface area contributed by atoms with Crippen LogP contribution in [-0.4, -0.2) is 46.6 Å². The number of halogens is 1. The number of aryl methyl sites for hydroxylation is 1. The summed E-state index contributed by atoms with van der Waals surface area (Å²) >= 11 is 8.67. The van der Waals surface area contributed by atoms with E-state index in [1.54, 1.807) is 36.9 Å². The molecule has 0 radical (unpaired) electrons. The third-order valence-electron chi connectivity index (χ3n) is 5.54. The van der Waals surface area contributed by atoms with E-state index in [2.05, 4.69) is 15.5 Å². The Labute approximate surface area is 233 Å². The summed E-state index contributed by atoms with van der Waals surface area (Å²) in [6, 6.07) is 12.8. The van der Waals surface area contributed by atoms with E-state index in [0.717, 1.165) is 11.1 Å². The third-order valence-corrected chi connectivity index (χ3v) is 7.76. The first-order valence-electron chi connectivity index (χ1n) is 11.3. The number of carbonyl (C=O) groups is 2. The number of ether oxygens (including phenoxy) is 3. The van der Waals surface area contributed by atoms with Crippen molar-refractivity contribution in [1.29, 1.82) is 0 Å². The molecule has 2 heterocycles. The summed E-state index contributed by atoms with van der Waals surface area (Å²) in [4.78, 5) is 25.4. The second-order valence-corrected chi connectivity index (χ2v) is 10.3. The number of aromatic nitrogens is 3. The van der Waals surface area contributed by atoms with Crippen molar-refractivity contribution < 1.29 is 23.8 Å². The van der Waals surface area contributed by atoms with Crippen molar-refractivity contribution in [3.8, 4) is 22.6 Å². The molecule has 0 atom stereocenters. The second-order valence-electron chi connectivity index (χ2n) is 8.09. The van der Waals surface area contributed by atoms with Crippen LogP contribution in [0, 0.1) is 6.92 Å². The van der Waals surface area contributed by atoms with Gasteiger partial charge in [0, 0.05) is 18.0 Å². The maximum Gasteiger partial charge on any atom is 0.341 e. The van der Waals surface area contributed by atoms with Crippen LogP contribution in [0.1, 0.15) is 21.7 Å². The molecule has 0 bridgehead atoms. The van der Waals surface area contributed by atoms with Gasteiger partial charge in [0.1, 0.15) is 28.7 Å². The molecule has 0 aliphatic carbocycles. The fraction of sp³-hybridized carbons (Fsp3) is 0.231. The lowest BCUT2D eigenvalue weighted by molar-refractivity contribution is -0.113. The highest BCUT2D eigenvalue weighted by molar-refractivity contribution is 7.99. The van der Waals surface area contributed by atoms with Crippen LogP contribution in [0.4, 0.5) is 5.00 Å². The second kappa shape index (κ2) is 12.3. The molecule has 9 nitrogen and oxygen atoms in total. The van der Waals surface area contributed by atoms with E-state index in [0.29, 0.717) is 43.6 Å². The van der Waals surface area contributed by atoms with Gasteiger partial charge in [-0.25, -0.2) is 4.79 Å². The Morgan fingerprint density at radius 1 is 1.13 bits per heavy atom. The lowest BCUT2D eigenvalue weighted by Gasteiger charge is -2.09. The Bertz CT molecular complexity index is 1450. The summed E-state index contributed by atoms with van der Waals surface area (Å²) < 4.78 is 17.8. The summed E-state index contributed by atoms with van der Waals surface area (Å²) in [5.74, 6) is 1.08. The molecule has 2 aromatic carbocycles. The van der Waals surface area contributed by atoms with Crippen LogP contribution < -0.4 is 14.8 Å². The molecule has 1 N–H and O–H groups in total. The number of thiophene rings is 1. The van der Waals surface area contributed by atoms with Crippen molar-refractivity contribution in [2.45, 2.75) is 18.7 Å². The Morgan fingerprint density at radius 3 is 2.61 bits per heavy atom. The summed E-state index contributed by atoms with van der Waals surface area (Å²) in [6.45, 7) is 2.13. The summed E-state index contributed by atoms with van der Waals surface area (Å²) in [7, 11) is 4.69. The molecule has 0 saturated heterocycles. The SMILES string of the molecule is COC(=O)c1c(-c2ccc(OC)cc2)csc1NC(=O)CSc1nnc(COc2cc(C)ccc2Cl)n1C. The van der Waals surface area contributed by atoms with Gasteiger partial charge in [0.25, 0.3) is 0 Å². The highest BCUT2D eigenvalue weighted by Gasteiger charge is 2.23. The number of thioether (sulfide) groups is 1. The van der Waals surface area contributed by atoms with Gasteiger partial charge in [-0.2, -0.15) is 0 Å². The zero-order valence-corrected chi connectivity index (χ0v) is 23.5. The number of esters is 1. The number of nitrogens with one attached hydrogen (secondary N) is 1. The zero-order valence-electron chi connectivity index (χ0n) is 21.1. The highest BCUT2D eigenvalue weighted by Crippen LogP contribution is 2.37. The van der Waals surface area contributed by atoms with Crippen LogP contribution in [0.3, 0.4) is 0 Å². The van der Waals surface area contributed by atoms with E-state index in [4.69, 9.17) is 25.8 Å². The van der Waals surface area contributed by atoms with E-state index >= 15 is 0 Å². The Balaban J connectivity index is 1.41. The molecule has 38 heavy (non-hydrogen) atoms. The molecule has 0 saturated carbocycles. The summed E-state index contributed by atoms with van der Waals surface area (Å²) in [5, 5.41) is 14.4. The highest BCUT2D eigenvalue weighted by atomic mass is 35.5. The van der Waals surface area contributed by atoms with Crippen LogP contribution >= 0.6 is 34.7 Å². The van der Waals surface area contributed by atoms with Gasteiger partial charge >= 0.3 is 5.97 Å². The average molecular weight is 573 g/mol.